The summed E-state index contributed by atoms with van der Waals surface area (Å²) in [4.78, 5) is 14.7. The molecule has 0 saturated heterocycles. The molecule has 0 aliphatic heterocycles. The first kappa shape index (κ1) is 15.5. The maximum Gasteiger partial charge on any atom is 0.335 e. The maximum atomic E-state index is 12.3. The highest BCUT2D eigenvalue weighted by atomic mass is 79.9. The molecule has 9 heteroatoms. The minimum atomic E-state index is -4.03. The van der Waals surface area contributed by atoms with Crippen molar-refractivity contribution in [1.82, 2.24) is 4.98 Å². The Labute approximate surface area is 129 Å². The summed E-state index contributed by atoms with van der Waals surface area (Å²) >= 11 is 3.15. The lowest BCUT2D eigenvalue weighted by Gasteiger charge is -2.10. The average Bonchev–Trinajstić information content (AvgIpc) is 2.76. The van der Waals surface area contributed by atoms with Crippen molar-refractivity contribution < 1.29 is 22.7 Å². The number of anilines is 1. The quantitative estimate of drug-likeness (QED) is 0.850. The van der Waals surface area contributed by atoms with Crippen LogP contribution in [0.5, 0.6) is 0 Å². The van der Waals surface area contributed by atoms with Gasteiger partial charge in [-0.1, -0.05) is 0 Å². The van der Waals surface area contributed by atoms with E-state index in [0.717, 1.165) is 6.07 Å². The molecule has 0 spiro atoms. The van der Waals surface area contributed by atoms with Crippen molar-refractivity contribution in [3.8, 4) is 0 Å². The number of benzene rings is 1. The van der Waals surface area contributed by atoms with Gasteiger partial charge in [-0.3, -0.25) is 0 Å². The number of carbonyl (C=O) groups is 1. The summed E-state index contributed by atoms with van der Waals surface area (Å²) in [6, 6.07) is 2.26. The van der Waals surface area contributed by atoms with Gasteiger partial charge in [0.25, 0.3) is 10.0 Å². The zero-order chi connectivity index (χ0) is 15.8. The molecule has 7 nitrogen and oxygen atoms in total. The molecule has 0 aliphatic carbocycles. The fourth-order valence-electron chi connectivity index (χ4n) is 1.63. The zero-order valence-corrected chi connectivity index (χ0v) is 13.4. The molecule has 0 radical (unpaired) electrons. The monoisotopic (exact) mass is 374 g/mol. The molecule has 112 valence electrons. The van der Waals surface area contributed by atoms with Crippen molar-refractivity contribution in [2.45, 2.75) is 18.7 Å². The van der Waals surface area contributed by atoms with Gasteiger partial charge in [0.05, 0.1) is 11.3 Å². The van der Waals surface area contributed by atoms with Crippen LogP contribution in [-0.2, 0) is 10.0 Å². The number of halogens is 1. The third kappa shape index (κ3) is 3.24. The summed E-state index contributed by atoms with van der Waals surface area (Å²) < 4.78 is 32.0. The Balaban J connectivity index is 2.51. The van der Waals surface area contributed by atoms with Crippen LogP contribution in [0.4, 0.5) is 6.01 Å². The third-order valence-electron chi connectivity index (χ3n) is 2.60. The number of hydrogen-bond acceptors (Lipinski definition) is 5. The normalized spacial score (nSPS) is 11.4. The van der Waals surface area contributed by atoms with E-state index in [1.54, 1.807) is 13.8 Å². The largest absolute Gasteiger partial charge is 0.478 e. The minimum absolute atomic E-state index is 0.125. The highest BCUT2D eigenvalue weighted by Gasteiger charge is 2.23. The Bertz CT molecular complexity index is 813. The van der Waals surface area contributed by atoms with E-state index >= 15 is 0 Å². The number of oxazole rings is 1. The molecule has 0 unspecified atom stereocenters. The second-order valence-corrected chi connectivity index (χ2v) is 6.75. The highest BCUT2D eigenvalue weighted by molar-refractivity contribution is 9.10. The zero-order valence-electron chi connectivity index (χ0n) is 11.0. The molecule has 0 saturated carbocycles. The lowest BCUT2D eigenvalue weighted by atomic mass is 10.1. The molecule has 21 heavy (non-hydrogen) atoms. The molecular formula is C12H11BrN2O5S. The van der Waals surface area contributed by atoms with Gasteiger partial charge in [0.15, 0.2) is 0 Å². The highest BCUT2D eigenvalue weighted by Crippen LogP contribution is 2.28. The van der Waals surface area contributed by atoms with E-state index in [4.69, 9.17) is 9.52 Å². The molecule has 1 aromatic carbocycles. The van der Waals surface area contributed by atoms with Crippen LogP contribution >= 0.6 is 15.9 Å². The first-order valence-corrected chi connectivity index (χ1v) is 7.96. The Morgan fingerprint density at radius 2 is 2.05 bits per heavy atom. The van der Waals surface area contributed by atoms with Crippen molar-refractivity contribution in [1.29, 1.82) is 0 Å². The summed E-state index contributed by atoms with van der Waals surface area (Å²) in [7, 11) is -4.03. The molecule has 2 N–H and O–H groups in total. The van der Waals surface area contributed by atoms with Gasteiger partial charge in [0.2, 0.25) is 0 Å². The summed E-state index contributed by atoms with van der Waals surface area (Å²) in [6.45, 7) is 3.25. The molecule has 0 aliphatic rings. The van der Waals surface area contributed by atoms with Gasteiger partial charge in [0.1, 0.15) is 11.2 Å². The molecule has 0 atom stereocenters. The van der Waals surface area contributed by atoms with Gasteiger partial charge in [-0.2, -0.15) is 4.98 Å². The van der Waals surface area contributed by atoms with E-state index in [1.165, 1.54) is 12.3 Å². The van der Waals surface area contributed by atoms with Gasteiger partial charge in [0, 0.05) is 4.47 Å². The second-order valence-electron chi connectivity index (χ2n) is 4.31. The fraction of sp³-hybridized carbons (Fsp3) is 0.167. The van der Waals surface area contributed by atoms with E-state index in [2.05, 4.69) is 25.6 Å². The topological polar surface area (TPSA) is 110 Å². The third-order valence-corrected chi connectivity index (χ3v) is 5.26. The number of rotatable bonds is 4. The van der Waals surface area contributed by atoms with Crippen LogP contribution in [0, 0.1) is 13.8 Å². The Kier molecular flexibility index (Phi) is 4.06. The van der Waals surface area contributed by atoms with Crippen LogP contribution in [0.15, 0.2) is 32.2 Å². The lowest BCUT2D eigenvalue weighted by Crippen LogP contribution is -2.15. The van der Waals surface area contributed by atoms with Crippen LogP contribution in [0.1, 0.15) is 21.6 Å². The molecule has 1 aromatic heterocycles. The molecule has 2 aromatic rings. The number of aryl methyl sites for hydroxylation is 2. The predicted molar refractivity (Wildman–Crippen MR) is 77.9 cm³/mol. The number of aromatic carboxylic acids is 1. The Morgan fingerprint density at radius 1 is 1.38 bits per heavy atom. The number of nitrogens with zero attached hydrogens (tertiary/aromatic N) is 1. The number of nitrogens with one attached hydrogen (secondary N) is 1. The van der Waals surface area contributed by atoms with Crippen molar-refractivity contribution in [2.24, 2.45) is 0 Å². The molecule has 1 heterocycles. The standard InChI is InChI=1S/C12H11BrN2O5S/c1-6-3-8(11(16)17)4-9(10(6)13)21(18,19)15-12-14-7(2)5-20-12/h3-5H,1-2H3,(H,14,15)(H,16,17). The molecule has 0 amide bonds. The summed E-state index contributed by atoms with van der Waals surface area (Å²) in [5.74, 6) is -1.21. The molecule has 0 bridgehead atoms. The summed E-state index contributed by atoms with van der Waals surface area (Å²) in [5, 5.41) is 9.02. The van der Waals surface area contributed by atoms with Crippen LogP contribution < -0.4 is 4.72 Å². The van der Waals surface area contributed by atoms with E-state index in [1.807, 2.05) is 0 Å². The fourth-order valence-corrected chi connectivity index (χ4v) is 3.61. The number of sulfonamides is 1. The number of aromatic nitrogens is 1. The van der Waals surface area contributed by atoms with Gasteiger partial charge in [-0.25, -0.2) is 17.9 Å². The molecular weight excluding hydrogens is 364 g/mol. The Morgan fingerprint density at radius 3 is 2.57 bits per heavy atom. The van der Waals surface area contributed by atoms with Gasteiger partial charge in [-0.15, -0.1) is 0 Å². The second kappa shape index (κ2) is 5.49. The van der Waals surface area contributed by atoms with Crippen LogP contribution in [0.3, 0.4) is 0 Å². The summed E-state index contributed by atoms with van der Waals surface area (Å²) in [5.41, 5.74) is 0.876. The van der Waals surface area contributed by atoms with Crippen molar-refractivity contribution in [3.05, 3.63) is 39.7 Å². The number of carboxylic acid groups (broad SMARTS) is 1. The Hall–Kier alpha value is -1.87. The van der Waals surface area contributed by atoms with Crippen LogP contribution in [0.2, 0.25) is 0 Å². The van der Waals surface area contributed by atoms with E-state index in [9.17, 15) is 13.2 Å². The SMILES string of the molecule is Cc1coc(NS(=O)(=O)c2cc(C(=O)O)cc(C)c2Br)n1. The molecule has 0 fully saturated rings. The smallest absolute Gasteiger partial charge is 0.335 e. The minimum Gasteiger partial charge on any atom is -0.478 e. The lowest BCUT2D eigenvalue weighted by molar-refractivity contribution is 0.0696. The van der Waals surface area contributed by atoms with E-state index in [0.29, 0.717) is 11.3 Å². The van der Waals surface area contributed by atoms with Crippen molar-refractivity contribution in [3.63, 3.8) is 0 Å². The maximum absolute atomic E-state index is 12.3. The van der Waals surface area contributed by atoms with E-state index in [-0.39, 0.29) is 20.9 Å². The first-order chi connectivity index (χ1) is 9.70. The molecule has 2 rings (SSSR count). The van der Waals surface area contributed by atoms with Crippen molar-refractivity contribution in [2.75, 3.05) is 4.72 Å². The first-order valence-electron chi connectivity index (χ1n) is 5.69. The van der Waals surface area contributed by atoms with Gasteiger partial charge >= 0.3 is 12.0 Å². The van der Waals surface area contributed by atoms with Crippen LogP contribution in [-0.4, -0.2) is 24.5 Å². The predicted octanol–water partition coefficient (Wildman–Crippen LogP) is 2.55. The average molecular weight is 375 g/mol. The van der Waals surface area contributed by atoms with Crippen LogP contribution in [0.25, 0.3) is 0 Å². The van der Waals surface area contributed by atoms with E-state index < -0.39 is 16.0 Å². The summed E-state index contributed by atoms with van der Waals surface area (Å²) in [6.07, 6.45) is 1.30. The number of carboxylic acids is 1. The van der Waals surface area contributed by atoms with Gasteiger partial charge < -0.3 is 9.52 Å². The number of hydrogen-bond donors (Lipinski definition) is 2. The van der Waals surface area contributed by atoms with Crippen molar-refractivity contribution >= 4 is 37.9 Å². The van der Waals surface area contributed by atoms with Gasteiger partial charge in [-0.05, 0) is 47.5 Å².